The zero-order valence-corrected chi connectivity index (χ0v) is 11.8. The van der Waals surface area contributed by atoms with Crippen molar-refractivity contribution < 1.29 is 9.53 Å². The van der Waals surface area contributed by atoms with Crippen LogP contribution in [-0.4, -0.2) is 24.6 Å². The van der Waals surface area contributed by atoms with E-state index in [1.165, 1.54) is 18.2 Å². The summed E-state index contributed by atoms with van der Waals surface area (Å²) in [5.74, 6) is 0.282. The van der Waals surface area contributed by atoms with E-state index >= 15 is 0 Å². The van der Waals surface area contributed by atoms with Crippen LogP contribution in [0.3, 0.4) is 0 Å². The minimum absolute atomic E-state index is 0.361. The molecule has 5 nitrogen and oxygen atoms in total. The van der Waals surface area contributed by atoms with Crippen molar-refractivity contribution in [2.75, 3.05) is 19.0 Å². The summed E-state index contributed by atoms with van der Waals surface area (Å²) in [6, 6.07) is 9.54. The number of pyridine rings is 1. The van der Waals surface area contributed by atoms with Gasteiger partial charge in [-0.2, -0.15) is 0 Å². The molecule has 2 heterocycles. The van der Waals surface area contributed by atoms with Gasteiger partial charge in [0.15, 0.2) is 0 Å². The number of anilines is 2. The van der Waals surface area contributed by atoms with Crippen molar-refractivity contribution in [2.45, 2.75) is 13.0 Å². The van der Waals surface area contributed by atoms with E-state index in [2.05, 4.69) is 21.7 Å². The third-order valence-electron chi connectivity index (χ3n) is 3.58. The number of rotatable bonds is 3. The lowest BCUT2D eigenvalue weighted by Crippen LogP contribution is -2.24. The van der Waals surface area contributed by atoms with Gasteiger partial charge in [-0.1, -0.05) is 12.1 Å². The fourth-order valence-electron chi connectivity index (χ4n) is 2.53. The molecule has 2 N–H and O–H groups in total. The molecule has 1 aromatic heterocycles. The van der Waals surface area contributed by atoms with Gasteiger partial charge in [0.1, 0.15) is 5.82 Å². The van der Waals surface area contributed by atoms with E-state index in [1.54, 1.807) is 18.3 Å². The van der Waals surface area contributed by atoms with Crippen LogP contribution in [0.4, 0.5) is 11.5 Å². The predicted molar refractivity (Wildman–Crippen MR) is 80.7 cm³/mol. The molecular formula is C16H17N3O2. The first-order valence-electron chi connectivity index (χ1n) is 6.91. The third kappa shape index (κ3) is 2.87. The summed E-state index contributed by atoms with van der Waals surface area (Å²) in [4.78, 5) is 15.8. The van der Waals surface area contributed by atoms with Gasteiger partial charge in [-0.25, -0.2) is 9.78 Å². The summed E-state index contributed by atoms with van der Waals surface area (Å²) < 4.78 is 4.73. The molecule has 108 valence electrons. The van der Waals surface area contributed by atoms with Crippen LogP contribution in [0, 0.1) is 0 Å². The zero-order valence-electron chi connectivity index (χ0n) is 11.8. The lowest BCUT2D eigenvalue weighted by atomic mass is 9.99. The second-order valence-corrected chi connectivity index (χ2v) is 4.92. The summed E-state index contributed by atoms with van der Waals surface area (Å²) in [6.45, 7) is 1.86. The molecule has 1 aromatic carbocycles. The maximum atomic E-state index is 11.6. The van der Waals surface area contributed by atoms with Crippen LogP contribution in [0.1, 0.15) is 21.5 Å². The molecular weight excluding hydrogens is 266 g/mol. The Morgan fingerprint density at radius 1 is 1.38 bits per heavy atom. The summed E-state index contributed by atoms with van der Waals surface area (Å²) in [7, 11) is 1.37. The molecule has 0 radical (unpaired) electrons. The van der Waals surface area contributed by atoms with Crippen molar-refractivity contribution in [3.05, 3.63) is 53.2 Å². The van der Waals surface area contributed by atoms with Crippen LogP contribution < -0.4 is 10.6 Å². The van der Waals surface area contributed by atoms with E-state index < -0.39 is 0 Å². The molecule has 0 aliphatic carbocycles. The summed E-state index contributed by atoms with van der Waals surface area (Å²) >= 11 is 0. The molecule has 3 rings (SSSR count). The smallest absolute Gasteiger partial charge is 0.338 e. The lowest BCUT2D eigenvalue weighted by Gasteiger charge is -2.20. The first kappa shape index (κ1) is 13.6. The molecule has 5 heteroatoms. The number of aromatic nitrogens is 1. The van der Waals surface area contributed by atoms with E-state index in [4.69, 9.17) is 4.74 Å². The van der Waals surface area contributed by atoms with Gasteiger partial charge in [-0.05, 0) is 42.3 Å². The van der Waals surface area contributed by atoms with Crippen molar-refractivity contribution in [3.63, 3.8) is 0 Å². The third-order valence-corrected chi connectivity index (χ3v) is 3.58. The Hall–Kier alpha value is -2.40. The van der Waals surface area contributed by atoms with Crippen molar-refractivity contribution in [2.24, 2.45) is 0 Å². The standard InChI is InChI=1S/C16H17N3O2/c1-21-16(20)11-5-8-18-15(9-11)19-14-4-2-3-12-10-17-7-6-13(12)14/h2-5,8-9,17H,6-7,10H2,1H3,(H,18,19). The number of esters is 1. The molecule has 0 spiro atoms. The fraction of sp³-hybridized carbons (Fsp3) is 0.250. The highest BCUT2D eigenvalue weighted by molar-refractivity contribution is 5.90. The van der Waals surface area contributed by atoms with Gasteiger partial charge < -0.3 is 15.4 Å². The molecule has 1 aliphatic heterocycles. The molecule has 0 amide bonds. The molecule has 0 atom stereocenters. The molecule has 0 saturated heterocycles. The molecule has 0 fully saturated rings. The van der Waals surface area contributed by atoms with E-state index in [-0.39, 0.29) is 5.97 Å². The Balaban J connectivity index is 1.89. The van der Waals surface area contributed by atoms with Crippen molar-refractivity contribution >= 4 is 17.5 Å². The average molecular weight is 283 g/mol. The Kier molecular flexibility index (Phi) is 3.83. The SMILES string of the molecule is COC(=O)c1ccnc(Nc2cccc3c2CCNC3)c1. The molecule has 21 heavy (non-hydrogen) atoms. The average Bonchev–Trinajstić information content (AvgIpc) is 2.55. The quantitative estimate of drug-likeness (QED) is 0.846. The van der Waals surface area contributed by atoms with Gasteiger partial charge in [0.05, 0.1) is 12.7 Å². The number of methoxy groups -OCH3 is 1. The number of nitrogens with one attached hydrogen (secondary N) is 2. The van der Waals surface area contributed by atoms with Crippen molar-refractivity contribution in [1.29, 1.82) is 0 Å². The number of hydrogen-bond acceptors (Lipinski definition) is 5. The normalized spacial score (nSPS) is 13.4. The molecule has 0 unspecified atom stereocenters. The fourth-order valence-corrected chi connectivity index (χ4v) is 2.53. The Labute approximate surface area is 123 Å². The van der Waals surface area contributed by atoms with Gasteiger partial charge in [0.25, 0.3) is 0 Å². The Morgan fingerprint density at radius 3 is 3.14 bits per heavy atom. The first-order valence-corrected chi connectivity index (χ1v) is 6.91. The number of hydrogen-bond donors (Lipinski definition) is 2. The van der Waals surface area contributed by atoms with Crippen LogP contribution >= 0.6 is 0 Å². The summed E-state index contributed by atoms with van der Waals surface area (Å²) in [6.07, 6.45) is 2.58. The summed E-state index contributed by atoms with van der Waals surface area (Å²) in [5.41, 5.74) is 4.14. The number of benzene rings is 1. The lowest BCUT2D eigenvalue weighted by molar-refractivity contribution is 0.0600. The van der Waals surface area contributed by atoms with Gasteiger partial charge in [0, 0.05) is 18.4 Å². The van der Waals surface area contributed by atoms with Crippen LogP contribution in [0.5, 0.6) is 0 Å². The molecule has 2 aromatic rings. The highest BCUT2D eigenvalue weighted by Gasteiger charge is 2.13. The number of fused-ring (bicyclic) bond motifs is 1. The number of carbonyl (C=O) groups excluding carboxylic acids is 1. The van der Waals surface area contributed by atoms with Gasteiger partial charge in [-0.15, -0.1) is 0 Å². The predicted octanol–water partition coefficient (Wildman–Crippen LogP) is 2.26. The van der Waals surface area contributed by atoms with E-state index in [0.717, 1.165) is 25.2 Å². The van der Waals surface area contributed by atoms with E-state index in [9.17, 15) is 4.79 Å². The van der Waals surface area contributed by atoms with Gasteiger partial charge in [0.2, 0.25) is 0 Å². The van der Waals surface area contributed by atoms with Crippen LogP contribution in [-0.2, 0) is 17.7 Å². The largest absolute Gasteiger partial charge is 0.465 e. The van der Waals surface area contributed by atoms with Crippen LogP contribution in [0.25, 0.3) is 0 Å². The van der Waals surface area contributed by atoms with Gasteiger partial charge in [-0.3, -0.25) is 0 Å². The summed E-state index contributed by atoms with van der Waals surface area (Å²) in [5, 5.41) is 6.66. The highest BCUT2D eigenvalue weighted by atomic mass is 16.5. The van der Waals surface area contributed by atoms with Crippen molar-refractivity contribution in [1.82, 2.24) is 10.3 Å². The van der Waals surface area contributed by atoms with Crippen LogP contribution in [0.15, 0.2) is 36.5 Å². The maximum Gasteiger partial charge on any atom is 0.338 e. The second kappa shape index (κ2) is 5.93. The minimum atomic E-state index is -0.361. The molecule has 1 aliphatic rings. The topological polar surface area (TPSA) is 63.2 Å². The zero-order chi connectivity index (χ0) is 14.7. The van der Waals surface area contributed by atoms with Gasteiger partial charge >= 0.3 is 5.97 Å². The Bertz CT molecular complexity index is 670. The van der Waals surface area contributed by atoms with E-state index in [1.807, 2.05) is 12.1 Å². The second-order valence-electron chi connectivity index (χ2n) is 4.92. The van der Waals surface area contributed by atoms with E-state index in [0.29, 0.717) is 11.4 Å². The number of carbonyl (C=O) groups is 1. The maximum absolute atomic E-state index is 11.6. The van der Waals surface area contributed by atoms with Crippen LogP contribution in [0.2, 0.25) is 0 Å². The number of ether oxygens (including phenoxy) is 1. The molecule has 0 saturated carbocycles. The number of nitrogens with zero attached hydrogens (tertiary/aromatic N) is 1. The monoisotopic (exact) mass is 283 g/mol. The van der Waals surface area contributed by atoms with Crippen molar-refractivity contribution in [3.8, 4) is 0 Å². The first-order chi connectivity index (χ1) is 10.3. The molecule has 0 bridgehead atoms. The Morgan fingerprint density at radius 2 is 2.29 bits per heavy atom. The minimum Gasteiger partial charge on any atom is -0.465 e. The highest BCUT2D eigenvalue weighted by Crippen LogP contribution is 2.25.